The second kappa shape index (κ2) is 8.60. The van der Waals surface area contributed by atoms with Gasteiger partial charge in [0.25, 0.3) is 5.91 Å². The number of likely N-dealkylation sites (tertiary alicyclic amines) is 1. The molecule has 2 unspecified atom stereocenters. The van der Waals surface area contributed by atoms with Gasteiger partial charge in [0.1, 0.15) is 6.04 Å². The van der Waals surface area contributed by atoms with Crippen LogP contribution in [0.4, 0.5) is 0 Å². The molecule has 0 radical (unpaired) electrons. The number of aliphatic carboxylic acids is 1. The monoisotopic (exact) mass is 393 g/mol. The topological polar surface area (TPSA) is 113 Å². The quantitative estimate of drug-likeness (QED) is 0.360. The number of carboxylic acids is 1. The Morgan fingerprint density at radius 1 is 1.07 bits per heavy atom. The number of carbonyl (C=O) groups excluding carboxylic acids is 2. The highest BCUT2D eigenvalue weighted by Gasteiger charge is 2.54. The van der Waals surface area contributed by atoms with Gasteiger partial charge in [0, 0.05) is 12.1 Å². The predicted molar refractivity (Wildman–Crippen MR) is 109 cm³/mol. The highest BCUT2D eigenvalue weighted by atomic mass is 16.4. The number of hydrogen-bond donors (Lipinski definition) is 3. The minimum absolute atomic E-state index is 0.281. The Hall–Kier alpha value is -3.61. The van der Waals surface area contributed by atoms with Crippen molar-refractivity contribution < 1.29 is 19.5 Å². The summed E-state index contributed by atoms with van der Waals surface area (Å²) in [5.41, 5.74) is 7.63. The zero-order valence-electron chi connectivity index (χ0n) is 15.9. The lowest BCUT2D eigenvalue weighted by atomic mass is 9.83. The standard InChI is InChI=1S/C22H23N3O4/c1-14(23)24-13-5-8-18-19(22(28)29)25(21(18)27)20(26)17-11-9-16(10-12-17)15-6-3-2-4-7-15/h2-4,6-7,9-12,18-19,24H,1,5,8,13,23H2,(H,28,29). The van der Waals surface area contributed by atoms with Crippen molar-refractivity contribution >= 4 is 17.8 Å². The van der Waals surface area contributed by atoms with Crippen molar-refractivity contribution in [2.75, 3.05) is 6.54 Å². The van der Waals surface area contributed by atoms with Gasteiger partial charge in [-0.2, -0.15) is 0 Å². The van der Waals surface area contributed by atoms with Crippen molar-refractivity contribution in [3.8, 4) is 11.1 Å². The van der Waals surface area contributed by atoms with Crippen LogP contribution < -0.4 is 11.1 Å². The third-order valence-electron chi connectivity index (χ3n) is 4.97. The smallest absolute Gasteiger partial charge is 0.327 e. The van der Waals surface area contributed by atoms with Crippen molar-refractivity contribution in [1.82, 2.24) is 10.2 Å². The normalized spacial score (nSPS) is 18.1. The molecular weight excluding hydrogens is 370 g/mol. The van der Waals surface area contributed by atoms with Crippen LogP contribution in [0.25, 0.3) is 11.1 Å². The van der Waals surface area contributed by atoms with Crippen molar-refractivity contribution in [2.45, 2.75) is 18.9 Å². The molecule has 2 aromatic carbocycles. The first kappa shape index (κ1) is 20.1. The summed E-state index contributed by atoms with van der Waals surface area (Å²) >= 11 is 0. The molecular formula is C22H23N3O4. The van der Waals surface area contributed by atoms with E-state index in [1.54, 1.807) is 24.3 Å². The molecule has 3 rings (SSSR count). The van der Waals surface area contributed by atoms with E-state index in [1.807, 2.05) is 30.3 Å². The van der Waals surface area contributed by atoms with Gasteiger partial charge >= 0.3 is 5.97 Å². The number of nitrogens with zero attached hydrogens (tertiary/aromatic N) is 1. The number of carbonyl (C=O) groups is 3. The molecule has 7 nitrogen and oxygen atoms in total. The number of carboxylic acid groups (broad SMARTS) is 1. The molecule has 0 aromatic heterocycles. The van der Waals surface area contributed by atoms with Crippen LogP contribution in [0, 0.1) is 5.92 Å². The molecule has 1 heterocycles. The van der Waals surface area contributed by atoms with Crippen molar-refractivity contribution in [2.24, 2.45) is 11.7 Å². The summed E-state index contributed by atoms with van der Waals surface area (Å²) in [5, 5.41) is 12.4. The first-order valence-corrected chi connectivity index (χ1v) is 9.34. The first-order chi connectivity index (χ1) is 13.9. The molecule has 2 aromatic rings. The number of nitrogens with one attached hydrogen (secondary N) is 1. The fraction of sp³-hybridized carbons (Fsp3) is 0.227. The lowest BCUT2D eigenvalue weighted by molar-refractivity contribution is -0.166. The van der Waals surface area contributed by atoms with E-state index in [0.29, 0.717) is 25.2 Å². The van der Waals surface area contributed by atoms with Crippen LogP contribution >= 0.6 is 0 Å². The van der Waals surface area contributed by atoms with E-state index in [4.69, 9.17) is 5.73 Å². The Morgan fingerprint density at radius 3 is 2.28 bits per heavy atom. The largest absolute Gasteiger partial charge is 0.480 e. The molecule has 2 atom stereocenters. The average Bonchev–Trinajstić information content (AvgIpc) is 2.71. The molecule has 1 saturated heterocycles. The van der Waals surface area contributed by atoms with E-state index in [1.165, 1.54) is 0 Å². The van der Waals surface area contributed by atoms with Gasteiger partial charge in [-0.15, -0.1) is 0 Å². The van der Waals surface area contributed by atoms with Gasteiger partial charge in [0.15, 0.2) is 0 Å². The molecule has 0 bridgehead atoms. The maximum absolute atomic E-state index is 12.8. The van der Waals surface area contributed by atoms with Crippen LogP contribution in [-0.4, -0.2) is 40.4 Å². The fourth-order valence-corrected chi connectivity index (χ4v) is 3.48. The predicted octanol–water partition coefficient (Wildman–Crippen LogP) is 2.21. The molecule has 1 aliphatic heterocycles. The third-order valence-corrected chi connectivity index (χ3v) is 4.97. The Balaban J connectivity index is 1.69. The van der Waals surface area contributed by atoms with Crippen molar-refractivity contribution in [1.29, 1.82) is 0 Å². The molecule has 1 fully saturated rings. The summed E-state index contributed by atoms with van der Waals surface area (Å²) in [6, 6.07) is 15.3. The van der Waals surface area contributed by atoms with Crippen LogP contribution in [-0.2, 0) is 9.59 Å². The van der Waals surface area contributed by atoms with Crippen LogP contribution in [0.1, 0.15) is 23.2 Å². The number of benzene rings is 2. The Labute approximate surface area is 168 Å². The second-order valence-electron chi connectivity index (χ2n) is 6.94. The SMILES string of the molecule is C=C(N)NCCCC1C(=O)N(C(=O)c2ccc(-c3ccccc3)cc2)C1C(=O)O. The van der Waals surface area contributed by atoms with Crippen LogP contribution in [0.2, 0.25) is 0 Å². The van der Waals surface area contributed by atoms with Gasteiger partial charge in [-0.1, -0.05) is 49.0 Å². The van der Waals surface area contributed by atoms with Crippen molar-refractivity contribution in [3.63, 3.8) is 0 Å². The lowest BCUT2D eigenvalue weighted by Crippen LogP contribution is -2.66. The molecule has 7 heteroatoms. The number of rotatable bonds is 8. The summed E-state index contributed by atoms with van der Waals surface area (Å²) in [7, 11) is 0. The van der Waals surface area contributed by atoms with Gasteiger partial charge in [-0.05, 0) is 36.1 Å². The molecule has 4 N–H and O–H groups in total. The second-order valence-corrected chi connectivity index (χ2v) is 6.94. The first-order valence-electron chi connectivity index (χ1n) is 9.34. The number of β-lactam (4-membered cyclic amide) rings is 1. The summed E-state index contributed by atoms with van der Waals surface area (Å²) in [5.74, 6) is -2.63. The average molecular weight is 393 g/mol. The van der Waals surface area contributed by atoms with E-state index in [2.05, 4.69) is 11.9 Å². The van der Waals surface area contributed by atoms with Gasteiger partial charge in [0.2, 0.25) is 5.91 Å². The minimum atomic E-state index is -1.18. The summed E-state index contributed by atoms with van der Waals surface area (Å²) in [6.07, 6.45) is 0.900. The number of hydrogen-bond acceptors (Lipinski definition) is 5. The number of nitrogens with two attached hydrogens (primary N) is 1. The maximum Gasteiger partial charge on any atom is 0.327 e. The molecule has 1 aliphatic rings. The van der Waals surface area contributed by atoms with Gasteiger partial charge in [0.05, 0.1) is 11.7 Å². The number of amides is 2. The van der Waals surface area contributed by atoms with Crippen LogP contribution in [0.15, 0.2) is 67.0 Å². The molecule has 150 valence electrons. The van der Waals surface area contributed by atoms with E-state index in [-0.39, 0.29) is 5.56 Å². The van der Waals surface area contributed by atoms with E-state index in [0.717, 1.165) is 16.0 Å². The van der Waals surface area contributed by atoms with Crippen molar-refractivity contribution in [3.05, 3.63) is 72.6 Å². The summed E-state index contributed by atoms with van der Waals surface area (Å²) in [4.78, 5) is 37.8. The molecule has 0 spiro atoms. The minimum Gasteiger partial charge on any atom is -0.480 e. The summed E-state index contributed by atoms with van der Waals surface area (Å²) in [6.45, 7) is 4.00. The Bertz CT molecular complexity index is 925. The Kier molecular flexibility index (Phi) is 5.97. The summed E-state index contributed by atoms with van der Waals surface area (Å²) < 4.78 is 0. The van der Waals surface area contributed by atoms with Gasteiger partial charge in [-0.25, -0.2) is 4.79 Å². The highest BCUT2D eigenvalue weighted by Crippen LogP contribution is 2.32. The highest BCUT2D eigenvalue weighted by molar-refractivity contribution is 6.13. The molecule has 29 heavy (non-hydrogen) atoms. The fourth-order valence-electron chi connectivity index (χ4n) is 3.48. The van der Waals surface area contributed by atoms with Gasteiger partial charge < -0.3 is 16.2 Å². The molecule has 0 saturated carbocycles. The Morgan fingerprint density at radius 2 is 1.69 bits per heavy atom. The van der Waals surface area contributed by atoms with Crippen LogP contribution in [0.3, 0.4) is 0 Å². The molecule has 0 aliphatic carbocycles. The van der Waals surface area contributed by atoms with E-state index in [9.17, 15) is 19.5 Å². The van der Waals surface area contributed by atoms with Crippen LogP contribution in [0.5, 0.6) is 0 Å². The third kappa shape index (κ3) is 4.29. The zero-order chi connectivity index (χ0) is 21.0. The lowest BCUT2D eigenvalue weighted by Gasteiger charge is -2.43. The zero-order valence-corrected chi connectivity index (χ0v) is 15.9. The maximum atomic E-state index is 12.8. The van der Waals surface area contributed by atoms with E-state index >= 15 is 0 Å². The van der Waals surface area contributed by atoms with E-state index < -0.39 is 29.7 Å². The number of imide groups is 1. The van der Waals surface area contributed by atoms with Gasteiger partial charge in [-0.3, -0.25) is 14.5 Å². The molecule has 2 amide bonds.